The number of aliphatic hydroxyl groups is 1. The van der Waals surface area contributed by atoms with Crippen LogP contribution in [0, 0.1) is 5.82 Å². The molecular weight excluding hydrogens is 307 g/mol. The maximum Gasteiger partial charge on any atom is 0.129 e. The van der Waals surface area contributed by atoms with Gasteiger partial charge in [0, 0.05) is 31.7 Å². The smallest absolute Gasteiger partial charge is 0.129 e. The standard InChI is InChI=1S/C19H25FN2O2/c1-15(23)12-21-9-10-22-13-16-5-4-7-18(11-16)24-14-17-6-2-3-8-19(17)20/h2-8,11,15,21-23H,9-10,12-14H2,1H3/t15-/m0/s1. The summed E-state index contributed by atoms with van der Waals surface area (Å²) in [5, 5.41) is 15.6. The largest absolute Gasteiger partial charge is 0.489 e. The molecule has 0 aliphatic heterocycles. The Hall–Kier alpha value is -1.95. The molecular formula is C19H25FN2O2. The molecule has 2 aromatic carbocycles. The van der Waals surface area contributed by atoms with Crippen LogP contribution in [0.4, 0.5) is 4.39 Å². The second-order valence-electron chi connectivity index (χ2n) is 5.76. The monoisotopic (exact) mass is 332 g/mol. The third-order valence-corrected chi connectivity index (χ3v) is 3.50. The SMILES string of the molecule is C[C@H](O)CNCCNCc1cccc(OCc2ccccc2F)c1. The molecule has 4 nitrogen and oxygen atoms in total. The Morgan fingerprint density at radius 2 is 1.88 bits per heavy atom. The summed E-state index contributed by atoms with van der Waals surface area (Å²) in [5.74, 6) is 0.477. The Kier molecular flexibility index (Phi) is 7.68. The average Bonchev–Trinajstić information content (AvgIpc) is 2.57. The van der Waals surface area contributed by atoms with E-state index in [0.29, 0.717) is 12.1 Å². The molecule has 0 aliphatic carbocycles. The lowest BCUT2D eigenvalue weighted by atomic mass is 10.2. The highest BCUT2D eigenvalue weighted by Crippen LogP contribution is 2.16. The van der Waals surface area contributed by atoms with E-state index in [4.69, 9.17) is 9.84 Å². The van der Waals surface area contributed by atoms with Gasteiger partial charge in [0.2, 0.25) is 0 Å². The van der Waals surface area contributed by atoms with Crippen molar-refractivity contribution >= 4 is 0 Å². The molecule has 5 heteroatoms. The third kappa shape index (κ3) is 6.66. The Labute approximate surface area is 142 Å². The van der Waals surface area contributed by atoms with Crippen LogP contribution >= 0.6 is 0 Å². The molecule has 24 heavy (non-hydrogen) atoms. The van der Waals surface area contributed by atoms with Crippen LogP contribution in [0.5, 0.6) is 5.75 Å². The Balaban J connectivity index is 1.74. The lowest BCUT2D eigenvalue weighted by Crippen LogP contribution is -2.31. The van der Waals surface area contributed by atoms with Crippen molar-refractivity contribution in [2.24, 2.45) is 0 Å². The molecule has 0 aromatic heterocycles. The van der Waals surface area contributed by atoms with Gasteiger partial charge in [0.25, 0.3) is 0 Å². The van der Waals surface area contributed by atoms with Crippen LogP contribution in [0.15, 0.2) is 48.5 Å². The van der Waals surface area contributed by atoms with Crippen molar-refractivity contribution in [3.63, 3.8) is 0 Å². The topological polar surface area (TPSA) is 53.5 Å². The molecule has 130 valence electrons. The summed E-state index contributed by atoms with van der Waals surface area (Å²) in [4.78, 5) is 0. The molecule has 2 aromatic rings. The van der Waals surface area contributed by atoms with Gasteiger partial charge in [-0.05, 0) is 30.7 Å². The molecule has 0 spiro atoms. The zero-order valence-corrected chi connectivity index (χ0v) is 14.0. The molecule has 2 rings (SSSR count). The van der Waals surface area contributed by atoms with Gasteiger partial charge in [0.15, 0.2) is 0 Å². The molecule has 0 amide bonds. The Bertz CT molecular complexity index is 620. The third-order valence-electron chi connectivity index (χ3n) is 3.50. The van der Waals surface area contributed by atoms with Gasteiger partial charge >= 0.3 is 0 Å². The van der Waals surface area contributed by atoms with Gasteiger partial charge in [-0.2, -0.15) is 0 Å². The fraction of sp³-hybridized carbons (Fsp3) is 0.368. The summed E-state index contributed by atoms with van der Waals surface area (Å²) < 4.78 is 19.3. The van der Waals surface area contributed by atoms with Crippen LogP contribution < -0.4 is 15.4 Å². The molecule has 0 fully saturated rings. The van der Waals surface area contributed by atoms with Gasteiger partial charge in [0.05, 0.1) is 6.10 Å². The van der Waals surface area contributed by atoms with E-state index in [1.54, 1.807) is 25.1 Å². The van der Waals surface area contributed by atoms with E-state index in [2.05, 4.69) is 10.6 Å². The maximum absolute atomic E-state index is 13.6. The molecule has 0 bridgehead atoms. The van der Waals surface area contributed by atoms with Crippen LogP contribution in [0.25, 0.3) is 0 Å². The minimum absolute atomic E-state index is 0.215. The fourth-order valence-electron chi connectivity index (χ4n) is 2.24. The average molecular weight is 332 g/mol. The normalized spacial score (nSPS) is 12.1. The van der Waals surface area contributed by atoms with Gasteiger partial charge in [0.1, 0.15) is 18.2 Å². The first-order chi connectivity index (χ1) is 11.6. The van der Waals surface area contributed by atoms with Gasteiger partial charge in [-0.1, -0.05) is 30.3 Å². The number of benzene rings is 2. The number of nitrogens with one attached hydrogen (secondary N) is 2. The van der Waals surface area contributed by atoms with E-state index < -0.39 is 0 Å². The maximum atomic E-state index is 13.6. The van der Waals surface area contributed by atoms with E-state index in [1.165, 1.54) is 6.07 Å². The number of aliphatic hydroxyl groups excluding tert-OH is 1. The van der Waals surface area contributed by atoms with E-state index >= 15 is 0 Å². The lowest BCUT2D eigenvalue weighted by molar-refractivity contribution is 0.191. The molecule has 0 aliphatic rings. The quantitative estimate of drug-likeness (QED) is 0.585. The first-order valence-corrected chi connectivity index (χ1v) is 8.20. The summed E-state index contributed by atoms with van der Waals surface area (Å²) in [7, 11) is 0. The summed E-state index contributed by atoms with van der Waals surface area (Å²) in [6.45, 7) is 4.91. The van der Waals surface area contributed by atoms with Crippen molar-refractivity contribution in [3.8, 4) is 5.75 Å². The number of hydrogen-bond acceptors (Lipinski definition) is 4. The van der Waals surface area contributed by atoms with E-state index in [-0.39, 0.29) is 18.5 Å². The van der Waals surface area contributed by atoms with Crippen LogP contribution in [-0.4, -0.2) is 30.8 Å². The van der Waals surface area contributed by atoms with E-state index in [1.807, 2.05) is 24.3 Å². The van der Waals surface area contributed by atoms with E-state index in [9.17, 15) is 4.39 Å². The van der Waals surface area contributed by atoms with Crippen molar-refractivity contribution in [3.05, 3.63) is 65.5 Å². The van der Waals surface area contributed by atoms with Crippen LogP contribution in [-0.2, 0) is 13.2 Å². The zero-order valence-electron chi connectivity index (χ0n) is 14.0. The highest BCUT2D eigenvalue weighted by molar-refractivity contribution is 5.29. The molecule has 0 saturated carbocycles. The van der Waals surface area contributed by atoms with Gasteiger partial charge in [-0.25, -0.2) is 4.39 Å². The highest BCUT2D eigenvalue weighted by atomic mass is 19.1. The minimum atomic E-state index is -0.326. The molecule has 3 N–H and O–H groups in total. The minimum Gasteiger partial charge on any atom is -0.489 e. The molecule has 0 radical (unpaired) electrons. The predicted octanol–water partition coefficient (Wildman–Crippen LogP) is 2.46. The fourth-order valence-corrected chi connectivity index (χ4v) is 2.24. The second-order valence-corrected chi connectivity index (χ2v) is 5.76. The predicted molar refractivity (Wildman–Crippen MR) is 93.4 cm³/mol. The Morgan fingerprint density at radius 1 is 1.08 bits per heavy atom. The van der Waals surface area contributed by atoms with Crippen molar-refractivity contribution in [1.29, 1.82) is 0 Å². The first kappa shape index (κ1) is 18.4. The molecule has 0 heterocycles. The zero-order chi connectivity index (χ0) is 17.2. The molecule has 0 saturated heterocycles. The van der Waals surface area contributed by atoms with Gasteiger partial charge in [-0.15, -0.1) is 0 Å². The highest BCUT2D eigenvalue weighted by Gasteiger charge is 2.02. The van der Waals surface area contributed by atoms with Crippen LogP contribution in [0.2, 0.25) is 0 Å². The van der Waals surface area contributed by atoms with Crippen molar-refractivity contribution in [2.75, 3.05) is 19.6 Å². The van der Waals surface area contributed by atoms with Crippen molar-refractivity contribution in [2.45, 2.75) is 26.2 Å². The van der Waals surface area contributed by atoms with Crippen molar-refractivity contribution in [1.82, 2.24) is 10.6 Å². The van der Waals surface area contributed by atoms with Gasteiger partial charge in [-0.3, -0.25) is 0 Å². The lowest BCUT2D eigenvalue weighted by Gasteiger charge is -2.10. The van der Waals surface area contributed by atoms with Gasteiger partial charge < -0.3 is 20.5 Å². The number of ether oxygens (including phenoxy) is 1. The summed E-state index contributed by atoms with van der Waals surface area (Å²) in [6, 6.07) is 14.4. The summed E-state index contributed by atoms with van der Waals surface area (Å²) >= 11 is 0. The van der Waals surface area contributed by atoms with Crippen LogP contribution in [0.3, 0.4) is 0 Å². The summed E-state index contributed by atoms with van der Waals surface area (Å²) in [5.41, 5.74) is 1.65. The van der Waals surface area contributed by atoms with E-state index in [0.717, 1.165) is 30.9 Å². The molecule has 0 unspecified atom stereocenters. The Morgan fingerprint density at radius 3 is 2.67 bits per heavy atom. The summed E-state index contributed by atoms with van der Waals surface area (Å²) in [6.07, 6.45) is -0.326. The van der Waals surface area contributed by atoms with Crippen molar-refractivity contribution < 1.29 is 14.2 Å². The number of hydrogen-bond donors (Lipinski definition) is 3. The number of rotatable bonds is 10. The second kappa shape index (κ2) is 10.0. The molecule has 1 atom stereocenters. The number of halogens is 1. The van der Waals surface area contributed by atoms with Crippen LogP contribution in [0.1, 0.15) is 18.1 Å². The first-order valence-electron chi connectivity index (χ1n) is 8.20.